The van der Waals surface area contributed by atoms with Gasteiger partial charge in [-0.15, -0.1) is 0 Å². The van der Waals surface area contributed by atoms with Crippen molar-refractivity contribution in [2.24, 2.45) is 5.41 Å². The average Bonchev–Trinajstić information content (AvgIpc) is 2.28. The molecular weight excluding hydrogens is 220 g/mol. The Hall–Kier alpha value is -1.57. The molecule has 0 bridgehead atoms. The fourth-order valence-electron chi connectivity index (χ4n) is 2.09. The second-order valence-electron chi connectivity index (χ2n) is 4.84. The van der Waals surface area contributed by atoms with Gasteiger partial charge in [0.15, 0.2) is 0 Å². The Morgan fingerprint density at radius 3 is 2.76 bits per heavy atom. The van der Waals surface area contributed by atoms with Gasteiger partial charge < -0.3 is 10.0 Å². The Bertz CT molecular complexity index is 348. The van der Waals surface area contributed by atoms with E-state index in [9.17, 15) is 9.59 Å². The summed E-state index contributed by atoms with van der Waals surface area (Å²) in [7, 11) is 0. The minimum atomic E-state index is -0.877. The molecule has 0 radical (unpaired) electrons. The molecule has 5 heteroatoms. The van der Waals surface area contributed by atoms with E-state index in [-0.39, 0.29) is 18.7 Å². The lowest BCUT2D eigenvalue weighted by Gasteiger charge is -2.36. The van der Waals surface area contributed by atoms with Crippen LogP contribution < -0.4 is 0 Å². The number of hydrogen-bond acceptors (Lipinski definition) is 3. The molecule has 1 atom stereocenters. The van der Waals surface area contributed by atoms with Crippen LogP contribution in [0.3, 0.4) is 0 Å². The molecule has 0 aromatic rings. The number of rotatable bonds is 4. The van der Waals surface area contributed by atoms with E-state index in [2.05, 4.69) is 6.07 Å². The standard InChI is InChI=1S/C12H18N2O3/c1-12(8-13)6-3-7-14(9-12)10(15)4-2-5-11(16)17/h2-7,9H2,1H3,(H,16,17). The van der Waals surface area contributed by atoms with Gasteiger partial charge in [0.2, 0.25) is 5.91 Å². The second kappa shape index (κ2) is 5.67. The van der Waals surface area contributed by atoms with Crippen LogP contribution in [0.25, 0.3) is 0 Å². The van der Waals surface area contributed by atoms with Gasteiger partial charge in [-0.3, -0.25) is 9.59 Å². The van der Waals surface area contributed by atoms with Crippen molar-refractivity contribution in [1.82, 2.24) is 4.90 Å². The van der Waals surface area contributed by atoms with Crippen molar-refractivity contribution in [2.45, 2.75) is 39.0 Å². The van der Waals surface area contributed by atoms with Crippen molar-refractivity contribution in [1.29, 1.82) is 5.26 Å². The van der Waals surface area contributed by atoms with Gasteiger partial charge in [0.1, 0.15) is 0 Å². The maximum absolute atomic E-state index is 11.8. The Morgan fingerprint density at radius 2 is 2.18 bits per heavy atom. The van der Waals surface area contributed by atoms with Crippen LogP contribution in [0.4, 0.5) is 0 Å². The number of carboxylic acid groups (broad SMARTS) is 1. The van der Waals surface area contributed by atoms with Crippen LogP contribution in [0.1, 0.15) is 39.0 Å². The third-order valence-corrected chi connectivity index (χ3v) is 3.10. The van der Waals surface area contributed by atoms with Crippen molar-refractivity contribution < 1.29 is 14.7 Å². The lowest BCUT2D eigenvalue weighted by atomic mass is 9.83. The van der Waals surface area contributed by atoms with Gasteiger partial charge in [-0.05, 0) is 26.2 Å². The summed E-state index contributed by atoms with van der Waals surface area (Å²) in [6.07, 6.45) is 2.31. The molecule has 1 rings (SSSR count). The zero-order chi connectivity index (χ0) is 12.9. The van der Waals surface area contributed by atoms with Crippen molar-refractivity contribution in [3.05, 3.63) is 0 Å². The Balaban J connectivity index is 2.42. The van der Waals surface area contributed by atoms with Crippen LogP contribution >= 0.6 is 0 Å². The number of piperidine rings is 1. The Morgan fingerprint density at radius 1 is 1.47 bits per heavy atom. The number of amides is 1. The number of likely N-dealkylation sites (tertiary alicyclic amines) is 1. The van der Waals surface area contributed by atoms with Gasteiger partial charge in [-0.1, -0.05) is 0 Å². The molecule has 1 fully saturated rings. The highest BCUT2D eigenvalue weighted by molar-refractivity contribution is 5.77. The van der Waals surface area contributed by atoms with Gasteiger partial charge in [-0.25, -0.2) is 0 Å². The van der Waals surface area contributed by atoms with Gasteiger partial charge in [0, 0.05) is 25.9 Å². The number of carbonyl (C=O) groups excluding carboxylic acids is 1. The third-order valence-electron chi connectivity index (χ3n) is 3.10. The summed E-state index contributed by atoms with van der Waals surface area (Å²) in [6.45, 7) is 3.02. The van der Waals surface area contributed by atoms with Gasteiger partial charge in [-0.2, -0.15) is 5.26 Å². The first kappa shape index (κ1) is 13.5. The number of hydrogen-bond donors (Lipinski definition) is 1. The van der Waals surface area contributed by atoms with E-state index in [1.54, 1.807) is 4.90 Å². The summed E-state index contributed by atoms with van der Waals surface area (Å²) in [4.78, 5) is 23.8. The van der Waals surface area contributed by atoms with Crippen LogP contribution in [0.15, 0.2) is 0 Å². The quantitative estimate of drug-likeness (QED) is 0.802. The Labute approximate surface area is 101 Å². The minimum absolute atomic E-state index is 0.0229. The first-order valence-electron chi connectivity index (χ1n) is 5.88. The van der Waals surface area contributed by atoms with Gasteiger partial charge in [0.05, 0.1) is 11.5 Å². The van der Waals surface area contributed by atoms with E-state index < -0.39 is 11.4 Å². The fourth-order valence-corrected chi connectivity index (χ4v) is 2.09. The molecule has 1 aliphatic rings. The first-order chi connectivity index (χ1) is 7.97. The summed E-state index contributed by atoms with van der Waals surface area (Å²) in [5.41, 5.74) is -0.444. The highest BCUT2D eigenvalue weighted by Crippen LogP contribution is 2.28. The molecule has 0 aromatic carbocycles. The van der Waals surface area contributed by atoms with Crippen molar-refractivity contribution in [2.75, 3.05) is 13.1 Å². The van der Waals surface area contributed by atoms with Crippen LogP contribution in [0, 0.1) is 16.7 Å². The summed E-state index contributed by atoms with van der Waals surface area (Å²) in [5, 5.41) is 17.5. The summed E-state index contributed by atoms with van der Waals surface area (Å²) in [5.74, 6) is -0.911. The second-order valence-corrected chi connectivity index (χ2v) is 4.84. The largest absolute Gasteiger partial charge is 0.481 e. The molecule has 1 amide bonds. The van der Waals surface area contributed by atoms with Gasteiger partial charge in [0.25, 0.3) is 0 Å². The summed E-state index contributed by atoms with van der Waals surface area (Å²) in [6, 6.07) is 2.25. The Kier molecular flexibility index (Phi) is 4.50. The number of nitrogens with zero attached hydrogens (tertiary/aromatic N) is 2. The molecule has 1 unspecified atom stereocenters. The zero-order valence-electron chi connectivity index (χ0n) is 10.1. The maximum atomic E-state index is 11.8. The molecule has 1 saturated heterocycles. The fraction of sp³-hybridized carbons (Fsp3) is 0.750. The molecule has 1 N–H and O–H groups in total. The number of carboxylic acids is 1. The van der Waals surface area contributed by atoms with Crippen molar-refractivity contribution in [3.8, 4) is 6.07 Å². The van der Waals surface area contributed by atoms with E-state index in [1.165, 1.54) is 0 Å². The van der Waals surface area contributed by atoms with Crippen LogP contribution in [0.2, 0.25) is 0 Å². The topological polar surface area (TPSA) is 81.4 Å². The monoisotopic (exact) mass is 238 g/mol. The molecule has 0 aliphatic carbocycles. The molecule has 1 heterocycles. The normalized spacial score (nSPS) is 24.1. The number of aliphatic carboxylic acids is 1. The third kappa shape index (κ3) is 4.06. The smallest absolute Gasteiger partial charge is 0.303 e. The van der Waals surface area contributed by atoms with Crippen LogP contribution in [-0.2, 0) is 9.59 Å². The molecule has 1 aliphatic heterocycles. The SMILES string of the molecule is CC1(C#N)CCCN(C(=O)CCCC(=O)O)C1. The number of carbonyl (C=O) groups is 2. The van der Waals surface area contributed by atoms with E-state index in [4.69, 9.17) is 10.4 Å². The lowest BCUT2D eigenvalue weighted by Crippen LogP contribution is -2.44. The minimum Gasteiger partial charge on any atom is -0.481 e. The van der Waals surface area contributed by atoms with Crippen LogP contribution in [0.5, 0.6) is 0 Å². The van der Waals surface area contributed by atoms with Crippen molar-refractivity contribution in [3.63, 3.8) is 0 Å². The summed E-state index contributed by atoms with van der Waals surface area (Å²) >= 11 is 0. The van der Waals surface area contributed by atoms with E-state index in [0.717, 1.165) is 12.8 Å². The predicted octanol–water partition coefficient (Wildman–Crippen LogP) is 1.39. The molecule has 0 aromatic heterocycles. The highest BCUT2D eigenvalue weighted by atomic mass is 16.4. The molecule has 17 heavy (non-hydrogen) atoms. The van der Waals surface area contributed by atoms with E-state index >= 15 is 0 Å². The average molecular weight is 238 g/mol. The molecular formula is C12H18N2O3. The number of nitriles is 1. The maximum Gasteiger partial charge on any atom is 0.303 e. The predicted molar refractivity (Wildman–Crippen MR) is 61.0 cm³/mol. The van der Waals surface area contributed by atoms with E-state index in [1.807, 2.05) is 6.92 Å². The first-order valence-corrected chi connectivity index (χ1v) is 5.88. The van der Waals surface area contributed by atoms with Gasteiger partial charge >= 0.3 is 5.97 Å². The zero-order valence-corrected chi connectivity index (χ0v) is 10.1. The van der Waals surface area contributed by atoms with E-state index in [0.29, 0.717) is 19.5 Å². The molecule has 0 spiro atoms. The molecule has 0 saturated carbocycles. The lowest BCUT2D eigenvalue weighted by molar-refractivity contribution is -0.137. The van der Waals surface area contributed by atoms with Crippen LogP contribution in [-0.4, -0.2) is 35.0 Å². The molecule has 5 nitrogen and oxygen atoms in total. The van der Waals surface area contributed by atoms with Crippen molar-refractivity contribution >= 4 is 11.9 Å². The molecule has 94 valence electrons. The summed E-state index contributed by atoms with van der Waals surface area (Å²) < 4.78 is 0. The highest BCUT2D eigenvalue weighted by Gasteiger charge is 2.32.